The summed E-state index contributed by atoms with van der Waals surface area (Å²) >= 11 is 0. The quantitative estimate of drug-likeness (QED) is 0.821. The second-order valence-corrected chi connectivity index (χ2v) is 8.33. The molecule has 3 fully saturated rings. The lowest BCUT2D eigenvalue weighted by Crippen LogP contribution is -2.51. The van der Waals surface area contributed by atoms with Gasteiger partial charge in [-0.3, -0.25) is 14.6 Å². The topological polar surface area (TPSA) is 44.6 Å². The van der Waals surface area contributed by atoms with E-state index in [0.29, 0.717) is 11.9 Å². The van der Waals surface area contributed by atoms with Gasteiger partial charge < -0.3 is 9.47 Å². The minimum Gasteiger partial charge on any atom is -0.342 e. The lowest BCUT2D eigenvalue weighted by atomic mass is 9.93. The average Bonchev–Trinajstić information content (AvgIpc) is 3.34. The molecule has 4 rings (SSSR count). The SMILES string of the molecule is Cn1ccnc1CN1CCC(N2CCCC(C(=O)N3CCCC3)C2)CC1. The summed E-state index contributed by atoms with van der Waals surface area (Å²) in [5, 5.41) is 0. The van der Waals surface area contributed by atoms with Crippen LogP contribution in [0.5, 0.6) is 0 Å². The van der Waals surface area contributed by atoms with Gasteiger partial charge in [-0.25, -0.2) is 4.98 Å². The molecular weight excluding hydrogens is 326 g/mol. The van der Waals surface area contributed by atoms with Gasteiger partial charge in [0.15, 0.2) is 0 Å². The van der Waals surface area contributed by atoms with E-state index >= 15 is 0 Å². The van der Waals surface area contributed by atoms with Crippen LogP contribution < -0.4 is 0 Å². The number of aromatic nitrogens is 2. The van der Waals surface area contributed by atoms with Crippen molar-refractivity contribution in [1.29, 1.82) is 0 Å². The average molecular weight is 360 g/mol. The van der Waals surface area contributed by atoms with E-state index in [0.717, 1.165) is 51.5 Å². The Balaban J connectivity index is 1.27. The van der Waals surface area contributed by atoms with Crippen molar-refractivity contribution in [3.05, 3.63) is 18.2 Å². The Kier molecular flexibility index (Phi) is 5.60. The third kappa shape index (κ3) is 3.96. The van der Waals surface area contributed by atoms with Crippen LogP contribution in [0.15, 0.2) is 12.4 Å². The van der Waals surface area contributed by atoms with Crippen LogP contribution in [0.1, 0.15) is 44.3 Å². The molecule has 0 radical (unpaired) electrons. The highest BCUT2D eigenvalue weighted by molar-refractivity contribution is 5.79. The Hall–Kier alpha value is -1.40. The molecule has 26 heavy (non-hydrogen) atoms. The fourth-order valence-corrected chi connectivity index (χ4v) is 4.93. The third-order valence-electron chi connectivity index (χ3n) is 6.58. The Morgan fingerprint density at radius 3 is 2.54 bits per heavy atom. The van der Waals surface area contributed by atoms with E-state index in [9.17, 15) is 4.79 Å². The summed E-state index contributed by atoms with van der Waals surface area (Å²) in [6.07, 6.45) is 11.0. The lowest BCUT2D eigenvalue weighted by Gasteiger charge is -2.42. The van der Waals surface area contributed by atoms with Crippen molar-refractivity contribution in [3.63, 3.8) is 0 Å². The van der Waals surface area contributed by atoms with Crippen LogP contribution in [0, 0.1) is 5.92 Å². The number of aryl methyl sites for hydroxylation is 1. The maximum Gasteiger partial charge on any atom is 0.226 e. The molecule has 6 nitrogen and oxygen atoms in total. The molecule has 6 heteroatoms. The van der Waals surface area contributed by atoms with Gasteiger partial charge in [0.25, 0.3) is 0 Å². The molecular formula is C20H33N5O. The molecule has 4 heterocycles. The van der Waals surface area contributed by atoms with Gasteiger partial charge >= 0.3 is 0 Å². The van der Waals surface area contributed by atoms with Crippen LogP contribution in [0.3, 0.4) is 0 Å². The first-order valence-corrected chi connectivity index (χ1v) is 10.4. The molecule has 3 aliphatic rings. The van der Waals surface area contributed by atoms with Gasteiger partial charge in [0.2, 0.25) is 5.91 Å². The lowest BCUT2D eigenvalue weighted by molar-refractivity contribution is -0.136. The van der Waals surface area contributed by atoms with Crippen LogP contribution in [0.4, 0.5) is 0 Å². The largest absolute Gasteiger partial charge is 0.342 e. The van der Waals surface area contributed by atoms with Crippen LogP contribution >= 0.6 is 0 Å². The highest BCUT2D eigenvalue weighted by Gasteiger charge is 2.34. The molecule has 0 N–H and O–H groups in total. The molecule has 0 aromatic carbocycles. The number of nitrogens with zero attached hydrogens (tertiary/aromatic N) is 5. The molecule has 0 spiro atoms. The number of likely N-dealkylation sites (tertiary alicyclic amines) is 3. The van der Waals surface area contributed by atoms with Crippen molar-refractivity contribution in [3.8, 4) is 0 Å². The zero-order valence-electron chi connectivity index (χ0n) is 16.1. The van der Waals surface area contributed by atoms with Crippen molar-refractivity contribution in [2.75, 3.05) is 39.3 Å². The number of imidazole rings is 1. The number of hydrogen-bond donors (Lipinski definition) is 0. The summed E-state index contributed by atoms with van der Waals surface area (Å²) in [6, 6.07) is 0.654. The molecule has 0 saturated carbocycles. The van der Waals surface area contributed by atoms with Crippen molar-refractivity contribution in [1.82, 2.24) is 24.3 Å². The zero-order chi connectivity index (χ0) is 17.9. The monoisotopic (exact) mass is 359 g/mol. The first-order chi connectivity index (χ1) is 12.7. The van der Waals surface area contributed by atoms with Gasteiger partial charge in [-0.2, -0.15) is 0 Å². The zero-order valence-corrected chi connectivity index (χ0v) is 16.1. The first-order valence-electron chi connectivity index (χ1n) is 10.4. The van der Waals surface area contributed by atoms with Gasteiger partial charge in [-0.1, -0.05) is 0 Å². The number of carbonyl (C=O) groups is 1. The number of carbonyl (C=O) groups excluding carboxylic acids is 1. The molecule has 1 atom stereocenters. The molecule has 1 aromatic rings. The molecule has 144 valence electrons. The Morgan fingerprint density at radius 1 is 1.08 bits per heavy atom. The standard InChI is InChI=1S/C20H33N5O/c1-22-14-8-21-19(22)16-23-12-6-18(7-13-23)25-11-4-5-17(15-25)20(26)24-9-2-3-10-24/h8,14,17-18H,2-7,9-13,15-16H2,1H3. The van der Waals surface area contributed by atoms with E-state index in [1.165, 1.54) is 38.6 Å². The van der Waals surface area contributed by atoms with Crippen molar-refractivity contribution >= 4 is 5.91 Å². The number of piperidine rings is 2. The predicted molar refractivity (Wildman–Crippen MR) is 102 cm³/mol. The van der Waals surface area contributed by atoms with Gasteiger partial charge in [0.1, 0.15) is 5.82 Å². The van der Waals surface area contributed by atoms with E-state index < -0.39 is 0 Å². The van der Waals surface area contributed by atoms with Gasteiger partial charge in [-0.05, 0) is 45.1 Å². The molecule has 3 saturated heterocycles. The predicted octanol–water partition coefficient (Wildman–Crippen LogP) is 1.72. The second-order valence-electron chi connectivity index (χ2n) is 8.33. The smallest absolute Gasteiger partial charge is 0.226 e. The number of amides is 1. The Bertz CT molecular complexity index is 601. The highest BCUT2D eigenvalue weighted by Crippen LogP contribution is 2.26. The second kappa shape index (κ2) is 8.09. The summed E-state index contributed by atoms with van der Waals surface area (Å²) in [5.41, 5.74) is 0. The van der Waals surface area contributed by atoms with Crippen molar-refractivity contribution < 1.29 is 4.79 Å². The summed E-state index contributed by atoms with van der Waals surface area (Å²) in [7, 11) is 2.07. The van der Waals surface area contributed by atoms with Gasteiger partial charge in [0.05, 0.1) is 12.5 Å². The molecule has 1 amide bonds. The number of rotatable bonds is 4. The van der Waals surface area contributed by atoms with E-state index in [2.05, 4.69) is 31.3 Å². The Labute approximate surface area is 157 Å². The summed E-state index contributed by atoms with van der Waals surface area (Å²) in [4.78, 5) is 24.5. The normalized spacial score (nSPS) is 26.5. The Morgan fingerprint density at radius 2 is 1.85 bits per heavy atom. The highest BCUT2D eigenvalue weighted by atomic mass is 16.2. The van der Waals surface area contributed by atoms with Crippen LogP contribution in [-0.2, 0) is 18.4 Å². The third-order valence-corrected chi connectivity index (χ3v) is 6.58. The van der Waals surface area contributed by atoms with E-state index in [1.54, 1.807) is 0 Å². The van der Waals surface area contributed by atoms with Gasteiger partial charge in [-0.15, -0.1) is 0 Å². The van der Waals surface area contributed by atoms with Crippen LogP contribution in [0.25, 0.3) is 0 Å². The van der Waals surface area contributed by atoms with Crippen LogP contribution in [-0.4, -0.2) is 75.5 Å². The maximum absolute atomic E-state index is 12.8. The molecule has 3 aliphatic heterocycles. The fourth-order valence-electron chi connectivity index (χ4n) is 4.93. The minimum absolute atomic E-state index is 0.243. The van der Waals surface area contributed by atoms with E-state index in [4.69, 9.17) is 0 Å². The fraction of sp³-hybridized carbons (Fsp3) is 0.800. The van der Waals surface area contributed by atoms with Crippen molar-refractivity contribution in [2.24, 2.45) is 13.0 Å². The van der Waals surface area contributed by atoms with Crippen LogP contribution in [0.2, 0.25) is 0 Å². The van der Waals surface area contributed by atoms with Crippen molar-refractivity contribution in [2.45, 2.75) is 51.1 Å². The minimum atomic E-state index is 0.243. The molecule has 0 aliphatic carbocycles. The first kappa shape index (κ1) is 18.0. The molecule has 1 unspecified atom stereocenters. The van der Waals surface area contributed by atoms with E-state index in [1.807, 2.05) is 12.4 Å². The molecule has 1 aromatic heterocycles. The summed E-state index contributed by atoms with van der Waals surface area (Å²) in [5.74, 6) is 1.82. The number of hydrogen-bond acceptors (Lipinski definition) is 4. The summed E-state index contributed by atoms with van der Waals surface area (Å²) < 4.78 is 2.12. The van der Waals surface area contributed by atoms with Gasteiger partial charge in [0, 0.05) is 58.2 Å². The summed E-state index contributed by atoms with van der Waals surface area (Å²) in [6.45, 7) is 7.36. The van der Waals surface area contributed by atoms with E-state index in [-0.39, 0.29) is 5.92 Å². The molecule has 0 bridgehead atoms. The maximum atomic E-state index is 12.8.